The van der Waals surface area contributed by atoms with Gasteiger partial charge in [-0.25, -0.2) is 0 Å². The molecule has 3 N–H and O–H groups in total. The van der Waals surface area contributed by atoms with E-state index in [1.54, 1.807) is 0 Å². The summed E-state index contributed by atoms with van der Waals surface area (Å²) in [5.74, 6) is 1.56. The summed E-state index contributed by atoms with van der Waals surface area (Å²) in [5.41, 5.74) is 5.28. The Hall–Kier alpha value is -0.0800. The fraction of sp³-hybridized carbons (Fsp3) is 1.00. The largest absolute Gasteiger partial charge is 0.330 e. The summed E-state index contributed by atoms with van der Waals surface area (Å²) in [5, 5.41) is 3.44. The maximum Gasteiger partial charge on any atom is -0.00233 e. The standard InChI is InChI=1S/C9H21N.C5H13N/c1-4-6-7-10-8-9(3)5-2;1-3-5(2)4-6/h9-10H,4-8H2,1-3H3;5H,3-4,6H2,1-2H3. The predicted octanol–water partition coefficient (Wildman–Crippen LogP) is 3.41. The summed E-state index contributed by atoms with van der Waals surface area (Å²) < 4.78 is 0. The molecule has 0 aromatic heterocycles. The molecule has 0 aromatic carbocycles. The second-order valence-corrected chi connectivity index (χ2v) is 4.82. The van der Waals surface area contributed by atoms with Gasteiger partial charge in [0.2, 0.25) is 0 Å². The van der Waals surface area contributed by atoms with Crippen LogP contribution in [0, 0.1) is 11.8 Å². The van der Waals surface area contributed by atoms with Gasteiger partial charge in [0.05, 0.1) is 0 Å². The average molecular weight is 230 g/mol. The second-order valence-electron chi connectivity index (χ2n) is 4.82. The van der Waals surface area contributed by atoms with Gasteiger partial charge in [0.1, 0.15) is 0 Å². The Morgan fingerprint density at radius 1 is 1.00 bits per heavy atom. The molecule has 100 valence electrons. The monoisotopic (exact) mass is 230 g/mol. The molecule has 0 bridgehead atoms. The van der Waals surface area contributed by atoms with E-state index in [2.05, 4.69) is 39.9 Å². The van der Waals surface area contributed by atoms with Crippen LogP contribution in [0.3, 0.4) is 0 Å². The van der Waals surface area contributed by atoms with E-state index in [0.717, 1.165) is 12.5 Å². The van der Waals surface area contributed by atoms with E-state index < -0.39 is 0 Å². The highest BCUT2D eigenvalue weighted by Crippen LogP contribution is 1.97. The molecule has 0 rings (SSSR count). The molecule has 0 radical (unpaired) electrons. The summed E-state index contributed by atoms with van der Waals surface area (Å²) >= 11 is 0. The Labute approximate surface area is 103 Å². The molecule has 0 aliphatic rings. The molecule has 0 aliphatic carbocycles. The van der Waals surface area contributed by atoms with Gasteiger partial charge >= 0.3 is 0 Å². The minimum atomic E-state index is 0.713. The lowest BCUT2D eigenvalue weighted by atomic mass is 10.1. The third-order valence-corrected chi connectivity index (χ3v) is 3.00. The van der Waals surface area contributed by atoms with E-state index in [9.17, 15) is 0 Å². The topological polar surface area (TPSA) is 38.0 Å². The van der Waals surface area contributed by atoms with Gasteiger partial charge in [0.25, 0.3) is 0 Å². The van der Waals surface area contributed by atoms with Crippen molar-refractivity contribution >= 4 is 0 Å². The molecule has 2 nitrogen and oxygen atoms in total. The quantitative estimate of drug-likeness (QED) is 0.627. The predicted molar refractivity (Wildman–Crippen MR) is 75.7 cm³/mol. The first-order chi connectivity index (χ1) is 7.62. The van der Waals surface area contributed by atoms with Crippen LogP contribution in [0.4, 0.5) is 0 Å². The van der Waals surface area contributed by atoms with Gasteiger partial charge in [-0.05, 0) is 37.9 Å². The van der Waals surface area contributed by atoms with E-state index in [-0.39, 0.29) is 0 Å². The van der Waals surface area contributed by atoms with E-state index in [1.807, 2.05) is 0 Å². The molecule has 0 amide bonds. The third-order valence-electron chi connectivity index (χ3n) is 3.00. The molecular weight excluding hydrogens is 196 g/mol. The molecule has 0 fully saturated rings. The molecule has 0 saturated heterocycles. The van der Waals surface area contributed by atoms with Crippen molar-refractivity contribution in [2.24, 2.45) is 17.6 Å². The van der Waals surface area contributed by atoms with Crippen LogP contribution in [0.2, 0.25) is 0 Å². The fourth-order valence-corrected chi connectivity index (χ4v) is 0.961. The maximum atomic E-state index is 5.28. The number of nitrogens with two attached hydrogens (primary N) is 1. The molecule has 2 unspecified atom stereocenters. The van der Waals surface area contributed by atoms with Crippen LogP contribution in [0.25, 0.3) is 0 Å². The number of hydrogen-bond donors (Lipinski definition) is 2. The van der Waals surface area contributed by atoms with Gasteiger partial charge in [-0.15, -0.1) is 0 Å². The zero-order chi connectivity index (χ0) is 12.8. The molecule has 16 heavy (non-hydrogen) atoms. The second kappa shape index (κ2) is 14.9. The lowest BCUT2D eigenvalue weighted by Crippen LogP contribution is -2.21. The van der Waals surface area contributed by atoms with Crippen molar-refractivity contribution in [2.75, 3.05) is 19.6 Å². The summed E-state index contributed by atoms with van der Waals surface area (Å²) in [6, 6.07) is 0. The van der Waals surface area contributed by atoms with Gasteiger partial charge in [0, 0.05) is 0 Å². The smallest absolute Gasteiger partial charge is 0.00233 e. The Morgan fingerprint density at radius 2 is 1.56 bits per heavy atom. The summed E-state index contributed by atoms with van der Waals surface area (Å²) in [6.45, 7) is 14.3. The minimum Gasteiger partial charge on any atom is -0.330 e. The number of hydrogen-bond acceptors (Lipinski definition) is 2. The Balaban J connectivity index is 0. The van der Waals surface area contributed by atoms with Crippen molar-refractivity contribution in [1.29, 1.82) is 0 Å². The number of rotatable bonds is 8. The average Bonchev–Trinajstić information content (AvgIpc) is 2.34. The third kappa shape index (κ3) is 16.4. The highest BCUT2D eigenvalue weighted by Gasteiger charge is 1.95. The van der Waals surface area contributed by atoms with E-state index in [1.165, 1.54) is 38.8 Å². The molecular formula is C14H34N2. The zero-order valence-corrected chi connectivity index (χ0v) is 12.2. The molecule has 0 spiro atoms. The van der Waals surface area contributed by atoms with Crippen LogP contribution in [-0.4, -0.2) is 19.6 Å². The Bertz CT molecular complexity index is 111. The summed E-state index contributed by atoms with van der Waals surface area (Å²) in [4.78, 5) is 0. The maximum absolute atomic E-state index is 5.28. The molecule has 2 atom stereocenters. The lowest BCUT2D eigenvalue weighted by Gasteiger charge is -2.08. The van der Waals surface area contributed by atoms with Crippen LogP contribution in [0.1, 0.15) is 60.3 Å². The molecule has 0 heterocycles. The molecule has 0 aliphatic heterocycles. The van der Waals surface area contributed by atoms with Crippen LogP contribution in [0.5, 0.6) is 0 Å². The van der Waals surface area contributed by atoms with E-state index in [4.69, 9.17) is 5.73 Å². The summed E-state index contributed by atoms with van der Waals surface area (Å²) in [7, 11) is 0. The van der Waals surface area contributed by atoms with Crippen molar-refractivity contribution in [3.8, 4) is 0 Å². The first-order valence-corrected chi connectivity index (χ1v) is 7.02. The first-order valence-electron chi connectivity index (χ1n) is 7.02. The fourth-order valence-electron chi connectivity index (χ4n) is 0.961. The number of nitrogens with one attached hydrogen (secondary N) is 1. The minimum absolute atomic E-state index is 0.713. The highest BCUT2D eigenvalue weighted by atomic mass is 14.8. The Morgan fingerprint density at radius 3 is 1.88 bits per heavy atom. The first kappa shape index (κ1) is 18.3. The van der Waals surface area contributed by atoms with Gasteiger partial charge in [-0.2, -0.15) is 0 Å². The van der Waals surface area contributed by atoms with Crippen LogP contribution in [-0.2, 0) is 0 Å². The molecule has 2 heteroatoms. The van der Waals surface area contributed by atoms with Gasteiger partial charge in [0.15, 0.2) is 0 Å². The SMILES string of the molecule is CCC(C)CN.CCCCNCC(C)CC. The van der Waals surface area contributed by atoms with E-state index in [0.29, 0.717) is 5.92 Å². The van der Waals surface area contributed by atoms with Crippen molar-refractivity contribution in [3.05, 3.63) is 0 Å². The zero-order valence-electron chi connectivity index (χ0n) is 12.2. The van der Waals surface area contributed by atoms with E-state index >= 15 is 0 Å². The van der Waals surface area contributed by atoms with Crippen LogP contribution in [0.15, 0.2) is 0 Å². The highest BCUT2D eigenvalue weighted by molar-refractivity contribution is 4.53. The van der Waals surface area contributed by atoms with Crippen molar-refractivity contribution in [1.82, 2.24) is 5.32 Å². The van der Waals surface area contributed by atoms with Crippen LogP contribution < -0.4 is 11.1 Å². The van der Waals surface area contributed by atoms with Crippen LogP contribution >= 0.6 is 0 Å². The number of unbranched alkanes of at least 4 members (excludes halogenated alkanes) is 1. The summed E-state index contributed by atoms with van der Waals surface area (Å²) in [6.07, 6.45) is 5.11. The van der Waals surface area contributed by atoms with Gasteiger partial charge in [-0.3, -0.25) is 0 Å². The van der Waals surface area contributed by atoms with Crippen molar-refractivity contribution in [3.63, 3.8) is 0 Å². The van der Waals surface area contributed by atoms with Gasteiger partial charge < -0.3 is 11.1 Å². The molecule has 0 aromatic rings. The Kier molecular flexibility index (Phi) is 17.1. The lowest BCUT2D eigenvalue weighted by molar-refractivity contribution is 0.494. The van der Waals surface area contributed by atoms with Crippen molar-refractivity contribution < 1.29 is 0 Å². The molecule has 0 saturated carbocycles. The normalized spacial score (nSPS) is 13.9. The van der Waals surface area contributed by atoms with Gasteiger partial charge in [-0.1, -0.05) is 53.9 Å². The van der Waals surface area contributed by atoms with Crippen molar-refractivity contribution in [2.45, 2.75) is 60.3 Å².